The Morgan fingerprint density at radius 2 is 2.10 bits per heavy atom. The first kappa shape index (κ1) is 12.2. The summed E-state index contributed by atoms with van der Waals surface area (Å²) in [6.07, 6.45) is 6.90. The first-order chi connectivity index (χ1) is 9.86. The lowest BCUT2D eigenvalue weighted by Gasteiger charge is -2.07. The third kappa shape index (κ3) is 2.46. The van der Waals surface area contributed by atoms with Gasteiger partial charge in [-0.25, -0.2) is 4.68 Å². The van der Waals surface area contributed by atoms with Gasteiger partial charge in [0.1, 0.15) is 0 Å². The highest BCUT2D eigenvalue weighted by molar-refractivity contribution is 5.55. The molecule has 0 aliphatic rings. The van der Waals surface area contributed by atoms with E-state index in [1.54, 1.807) is 29.5 Å². The SMILES string of the molecule is CCNc1nc(-c2cccnc2)nc(-n2cccn2)n1. The van der Waals surface area contributed by atoms with E-state index in [0.29, 0.717) is 17.7 Å². The normalized spacial score (nSPS) is 10.4. The molecule has 3 aromatic rings. The molecular weight excluding hydrogens is 254 g/mol. The highest BCUT2D eigenvalue weighted by Crippen LogP contribution is 2.15. The van der Waals surface area contributed by atoms with E-state index < -0.39 is 0 Å². The molecule has 0 atom stereocenters. The highest BCUT2D eigenvalue weighted by atomic mass is 15.4. The summed E-state index contributed by atoms with van der Waals surface area (Å²) in [5.41, 5.74) is 0.836. The molecule has 0 saturated carbocycles. The molecule has 3 heterocycles. The largest absolute Gasteiger partial charge is 0.354 e. The molecule has 0 saturated heterocycles. The van der Waals surface area contributed by atoms with Crippen molar-refractivity contribution < 1.29 is 0 Å². The molecule has 20 heavy (non-hydrogen) atoms. The molecule has 0 aliphatic heterocycles. The van der Waals surface area contributed by atoms with Gasteiger partial charge in [0.15, 0.2) is 5.82 Å². The number of hydrogen-bond donors (Lipinski definition) is 1. The summed E-state index contributed by atoms with van der Waals surface area (Å²) in [5, 5.41) is 7.24. The van der Waals surface area contributed by atoms with E-state index in [-0.39, 0.29) is 0 Å². The molecule has 0 aromatic carbocycles. The smallest absolute Gasteiger partial charge is 0.255 e. The molecule has 3 rings (SSSR count). The zero-order valence-corrected chi connectivity index (χ0v) is 10.9. The lowest BCUT2D eigenvalue weighted by Crippen LogP contribution is -2.10. The van der Waals surface area contributed by atoms with Crippen LogP contribution in [-0.2, 0) is 0 Å². The van der Waals surface area contributed by atoms with Gasteiger partial charge in [0, 0.05) is 36.9 Å². The maximum atomic E-state index is 4.43. The van der Waals surface area contributed by atoms with Crippen LogP contribution < -0.4 is 5.32 Å². The second-order valence-corrected chi connectivity index (χ2v) is 4.01. The molecule has 0 unspecified atom stereocenters. The molecule has 0 radical (unpaired) electrons. The molecule has 3 aromatic heterocycles. The van der Waals surface area contributed by atoms with Gasteiger partial charge >= 0.3 is 0 Å². The third-order valence-electron chi connectivity index (χ3n) is 2.59. The van der Waals surface area contributed by atoms with Gasteiger partial charge in [0.2, 0.25) is 5.95 Å². The van der Waals surface area contributed by atoms with Crippen LogP contribution in [0.4, 0.5) is 5.95 Å². The molecule has 0 fully saturated rings. The Morgan fingerprint density at radius 3 is 2.80 bits per heavy atom. The number of aromatic nitrogens is 6. The van der Waals surface area contributed by atoms with E-state index in [2.05, 4.69) is 30.4 Å². The maximum Gasteiger partial charge on any atom is 0.255 e. The zero-order chi connectivity index (χ0) is 13.8. The molecule has 0 amide bonds. The van der Waals surface area contributed by atoms with Gasteiger partial charge in [0.05, 0.1) is 0 Å². The lowest BCUT2D eigenvalue weighted by molar-refractivity contribution is 0.798. The minimum atomic E-state index is 0.472. The molecule has 0 aliphatic carbocycles. The number of nitrogens with one attached hydrogen (secondary N) is 1. The minimum absolute atomic E-state index is 0.472. The van der Waals surface area contributed by atoms with E-state index in [9.17, 15) is 0 Å². The molecule has 0 bridgehead atoms. The van der Waals surface area contributed by atoms with Crippen LogP contribution in [0.15, 0.2) is 43.0 Å². The summed E-state index contributed by atoms with van der Waals surface area (Å²) >= 11 is 0. The van der Waals surface area contributed by atoms with E-state index in [0.717, 1.165) is 12.1 Å². The van der Waals surface area contributed by atoms with Crippen molar-refractivity contribution in [2.45, 2.75) is 6.92 Å². The number of anilines is 1. The Morgan fingerprint density at radius 1 is 1.15 bits per heavy atom. The second kappa shape index (κ2) is 5.43. The predicted octanol–water partition coefficient (Wildman–Crippen LogP) is 1.55. The van der Waals surface area contributed by atoms with Gasteiger partial charge in [-0.3, -0.25) is 4.98 Å². The van der Waals surface area contributed by atoms with Gasteiger partial charge in [0.25, 0.3) is 5.95 Å². The van der Waals surface area contributed by atoms with E-state index in [1.165, 1.54) is 0 Å². The van der Waals surface area contributed by atoms with Crippen LogP contribution in [0, 0.1) is 0 Å². The Labute approximate surface area is 115 Å². The molecule has 7 heteroatoms. The maximum absolute atomic E-state index is 4.43. The van der Waals surface area contributed by atoms with Crippen LogP contribution in [-0.4, -0.2) is 36.3 Å². The summed E-state index contributed by atoms with van der Waals surface area (Å²) in [5.74, 6) is 1.56. The third-order valence-corrected chi connectivity index (χ3v) is 2.59. The van der Waals surface area contributed by atoms with E-state index in [4.69, 9.17) is 0 Å². The highest BCUT2D eigenvalue weighted by Gasteiger charge is 2.09. The fraction of sp³-hybridized carbons (Fsp3) is 0.154. The molecular formula is C13H13N7. The summed E-state index contributed by atoms with van der Waals surface area (Å²) in [6.45, 7) is 2.72. The fourth-order valence-corrected chi connectivity index (χ4v) is 1.72. The topological polar surface area (TPSA) is 81.4 Å². The van der Waals surface area contributed by atoms with Crippen LogP contribution in [0.2, 0.25) is 0 Å². The monoisotopic (exact) mass is 267 g/mol. The average Bonchev–Trinajstić information content (AvgIpc) is 3.02. The van der Waals surface area contributed by atoms with Crippen molar-refractivity contribution in [1.29, 1.82) is 0 Å². The quantitative estimate of drug-likeness (QED) is 0.772. The summed E-state index contributed by atoms with van der Waals surface area (Å²) in [7, 11) is 0. The summed E-state index contributed by atoms with van der Waals surface area (Å²) < 4.78 is 1.60. The number of rotatable bonds is 4. The van der Waals surface area contributed by atoms with Crippen LogP contribution >= 0.6 is 0 Å². The van der Waals surface area contributed by atoms with Crippen molar-refractivity contribution >= 4 is 5.95 Å². The first-order valence-corrected chi connectivity index (χ1v) is 6.27. The standard InChI is InChI=1S/C13H13N7/c1-2-15-12-17-11(10-5-3-6-14-9-10)18-13(19-12)20-8-4-7-16-20/h3-9H,2H2,1H3,(H,15,17,18,19). The second-order valence-electron chi connectivity index (χ2n) is 4.01. The Kier molecular flexibility index (Phi) is 3.32. The fourth-order valence-electron chi connectivity index (χ4n) is 1.72. The first-order valence-electron chi connectivity index (χ1n) is 6.27. The van der Waals surface area contributed by atoms with Crippen molar-refractivity contribution in [2.75, 3.05) is 11.9 Å². The minimum Gasteiger partial charge on any atom is -0.354 e. The van der Waals surface area contributed by atoms with Crippen molar-refractivity contribution in [3.05, 3.63) is 43.0 Å². The number of hydrogen-bond acceptors (Lipinski definition) is 6. The van der Waals surface area contributed by atoms with Crippen LogP contribution in [0.5, 0.6) is 0 Å². The average molecular weight is 267 g/mol. The molecule has 100 valence electrons. The van der Waals surface area contributed by atoms with Crippen LogP contribution in [0.25, 0.3) is 17.3 Å². The zero-order valence-electron chi connectivity index (χ0n) is 10.9. The lowest BCUT2D eigenvalue weighted by atomic mass is 10.3. The van der Waals surface area contributed by atoms with Crippen LogP contribution in [0.3, 0.4) is 0 Å². The Hall–Kier alpha value is -2.83. The predicted molar refractivity (Wildman–Crippen MR) is 74.3 cm³/mol. The number of nitrogens with zero attached hydrogens (tertiary/aromatic N) is 6. The molecule has 7 nitrogen and oxygen atoms in total. The van der Waals surface area contributed by atoms with Crippen LogP contribution in [0.1, 0.15) is 6.92 Å². The van der Waals surface area contributed by atoms with Gasteiger partial charge in [-0.05, 0) is 25.1 Å². The van der Waals surface area contributed by atoms with E-state index in [1.807, 2.05) is 25.1 Å². The Balaban J connectivity index is 2.10. The van der Waals surface area contributed by atoms with Crippen molar-refractivity contribution in [1.82, 2.24) is 29.7 Å². The number of pyridine rings is 1. The van der Waals surface area contributed by atoms with Gasteiger partial charge < -0.3 is 5.32 Å². The summed E-state index contributed by atoms with van der Waals surface area (Å²) in [4.78, 5) is 17.2. The van der Waals surface area contributed by atoms with Gasteiger partial charge in [-0.1, -0.05) is 0 Å². The van der Waals surface area contributed by atoms with Crippen molar-refractivity contribution in [3.63, 3.8) is 0 Å². The van der Waals surface area contributed by atoms with Gasteiger partial charge in [-0.15, -0.1) is 0 Å². The molecule has 1 N–H and O–H groups in total. The summed E-state index contributed by atoms with van der Waals surface area (Å²) in [6, 6.07) is 5.57. The Bertz CT molecular complexity index is 679. The molecule has 0 spiro atoms. The van der Waals surface area contributed by atoms with E-state index >= 15 is 0 Å². The van der Waals surface area contributed by atoms with Crippen molar-refractivity contribution in [3.8, 4) is 17.3 Å². The van der Waals surface area contributed by atoms with Gasteiger partial charge in [-0.2, -0.15) is 20.1 Å². The van der Waals surface area contributed by atoms with Crippen molar-refractivity contribution in [2.24, 2.45) is 0 Å².